The summed E-state index contributed by atoms with van der Waals surface area (Å²) in [7, 11) is 0. The number of hydrogen-bond donors (Lipinski definition) is 2. The average Bonchev–Trinajstić information content (AvgIpc) is 2.41. The number of hydrazine groups is 1. The normalized spacial score (nSPS) is 10.0. The van der Waals surface area contributed by atoms with Crippen LogP contribution in [0.25, 0.3) is 0 Å². The molecule has 0 heterocycles. The number of carbonyl (C=O) groups excluding carboxylic acids is 2. The van der Waals surface area contributed by atoms with Gasteiger partial charge < -0.3 is 0 Å². The second-order valence-electron chi connectivity index (χ2n) is 4.68. The fraction of sp³-hybridized carbons (Fsp3) is 0.467. The highest BCUT2D eigenvalue weighted by molar-refractivity contribution is 5.95. The molecule has 0 spiro atoms. The molecule has 0 unspecified atom stereocenters. The van der Waals surface area contributed by atoms with E-state index in [2.05, 4.69) is 17.8 Å². The molecule has 1 aromatic carbocycles. The Bertz CT molecular complexity index is 430. The Kier molecular flexibility index (Phi) is 6.64. The van der Waals surface area contributed by atoms with Crippen LogP contribution in [-0.2, 0) is 4.79 Å². The summed E-state index contributed by atoms with van der Waals surface area (Å²) in [5, 5.41) is 0. The zero-order valence-electron chi connectivity index (χ0n) is 11.7. The molecule has 0 aliphatic rings. The lowest BCUT2D eigenvalue weighted by Gasteiger charge is -2.07. The van der Waals surface area contributed by atoms with E-state index in [-0.39, 0.29) is 11.8 Å². The molecule has 0 aliphatic carbocycles. The third-order valence-corrected chi connectivity index (χ3v) is 2.85. The van der Waals surface area contributed by atoms with Crippen molar-refractivity contribution < 1.29 is 9.59 Å². The number of unbranched alkanes of at least 4 members (excludes halogenated alkanes) is 3. The van der Waals surface area contributed by atoms with Crippen LogP contribution < -0.4 is 10.9 Å². The van der Waals surface area contributed by atoms with Crippen molar-refractivity contribution >= 4 is 11.8 Å². The highest BCUT2D eigenvalue weighted by Gasteiger charge is 2.06. The predicted molar refractivity (Wildman–Crippen MR) is 75.5 cm³/mol. The van der Waals surface area contributed by atoms with Gasteiger partial charge in [0, 0.05) is 12.0 Å². The molecule has 0 aromatic heterocycles. The van der Waals surface area contributed by atoms with E-state index in [1.807, 2.05) is 19.1 Å². The molecule has 0 fully saturated rings. The minimum atomic E-state index is -0.286. The first kappa shape index (κ1) is 15.2. The lowest BCUT2D eigenvalue weighted by molar-refractivity contribution is -0.121. The summed E-state index contributed by atoms with van der Waals surface area (Å²) in [5.74, 6) is -0.428. The number of carbonyl (C=O) groups is 2. The molecular formula is C15H22N2O2. The first-order chi connectivity index (χ1) is 9.13. The van der Waals surface area contributed by atoms with Crippen molar-refractivity contribution in [1.82, 2.24) is 10.9 Å². The van der Waals surface area contributed by atoms with E-state index in [0.717, 1.165) is 31.2 Å². The van der Waals surface area contributed by atoms with Crippen molar-refractivity contribution in [2.45, 2.75) is 46.0 Å². The molecule has 0 saturated carbocycles. The zero-order valence-corrected chi connectivity index (χ0v) is 11.7. The van der Waals surface area contributed by atoms with Gasteiger partial charge >= 0.3 is 0 Å². The Morgan fingerprint density at radius 1 is 1.11 bits per heavy atom. The van der Waals surface area contributed by atoms with Crippen molar-refractivity contribution in [3.63, 3.8) is 0 Å². The van der Waals surface area contributed by atoms with E-state index < -0.39 is 0 Å². The lowest BCUT2D eigenvalue weighted by atomic mass is 10.1. The van der Waals surface area contributed by atoms with E-state index >= 15 is 0 Å². The van der Waals surface area contributed by atoms with Gasteiger partial charge in [-0.05, 0) is 25.5 Å². The predicted octanol–water partition coefficient (Wildman–Crippen LogP) is 2.73. The monoisotopic (exact) mass is 262 g/mol. The van der Waals surface area contributed by atoms with Gasteiger partial charge in [0.05, 0.1) is 0 Å². The maximum Gasteiger partial charge on any atom is 0.269 e. The van der Waals surface area contributed by atoms with Gasteiger partial charge in [0.1, 0.15) is 0 Å². The highest BCUT2D eigenvalue weighted by atomic mass is 16.2. The van der Waals surface area contributed by atoms with Crippen LogP contribution in [0.4, 0.5) is 0 Å². The van der Waals surface area contributed by atoms with Crippen LogP contribution in [0.15, 0.2) is 24.3 Å². The number of rotatable bonds is 6. The molecule has 1 rings (SSSR count). The van der Waals surface area contributed by atoms with Crippen LogP contribution in [0.5, 0.6) is 0 Å². The molecule has 2 N–H and O–H groups in total. The van der Waals surface area contributed by atoms with Crippen LogP contribution in [0.1, 0.15) is 54.9 Å². The van der Waals surface area contributed by atoms with Crippen LogP contribution >= 0.6 is 0 Å². The van der Waals surface area contributed by atoms with Gasteiger partial charge in [0.2, 0.25) is 5.91 Å². The summed E-state index contributed by atoms with van der Waals surface area (Å²) >= 11 is 0. The maximum atomic E-state index is 11.8. The lowest BCUT2D eigenvalue weighted by Crippen LogP contribution is -2.41. The van der Waals surface area contributed by atoms with E-state index in [0.29, 0.717) is 12.0 Å². The molecule has 19 heavy (non-hydrogen) atoms. The van der Waals surface area contributed by atoms with E-state index in [9.17, 15) is 9.59 Å². The summed E-state index contributed by atoms with van der Waals surface area (Å²) in [4.78, 5) is 23.2. The summed E-state index contributed by atoms with van der Waals surface area (Å²) < 4.78 is 0. The molecule has 2 amide bonds. The third kappa shape index (κ3) is 6.04. The molecule has 4 nitrogen and oxygen atoms in total. The Labute approximate surface area is 114 Å². The van der Waals surface area contributed by atoms with Gasteiger partial charge in [-0.15, -0.1) is 0 Å². The topological polar surface area (TPSA) is 58.2 Å². The summed E-state index contributed by atoms with van der Waals surface area (Å²) in [6.07, 6.45) is 4.65. The first-order valence-corrected chi connectivity index (χ1v) is 6.79. The molecular weight excluding hydrogens is 240 g/mol. The SMILES string of the molecule is CCCCCCC(=O)NNC(=O)c1cccc(C)c1. The van der Waals surface area contributed by atoms with Gasteiger partial charge in [0.15, 0.2) is 0 Å². The zero-order chi connectivity index (χ0) is 14.1. The Hall–Kier alpha value is -1.84. The Balaban J connectivity index is 2.28. The van der Waals surface area contributed by atoms with Gasteiger partial charge in [-0.3, -0.25) is 20.4 Å². The fourth-order valence-corrected chi connectivity index (χ4v) is 1.76. The van der Waals surface area contributed by atoms with Crippen molar-refractivity contribution in [3.8, 4) is 0 Å². The summed E-state index contributed by atoms with van der Waals surface area (Å²) in [5.41, 5.74) is 6.43. The van der Waals surface area contributed by atoms with Crippen molar-refractivity contribution in [2.75, 3.05) is 0 Å². The first-order valence-electron chi connectivity index (χ1n) is 6.79. The van der Waals surface area contributed by atoms with Crippen molar-refractivity contribution in [3.05, 3.63) is 35.4 Å². The van der Waals surface area contributed by atoms with E-state index in [4.69, 9.17) is 0 Å². The quantitative estimate of drug-likeness (QED) is 0.611. The van der Waals surface area contributed by atoms with Gasteiger partial charge in [0.25, 0.3) is 5.91 Å². The van der Waals surface area contributed by atoms with Gasteiger partial charge in [-0.2, -0.15) is 0 Å². The molecule has 1 aromatic rings. The van der Waals surface area contributed by atoms with Crippen LogP contribution in [-0.4, -0.2) is 11.8 Å². The molecule has 104 valence electrons. The number of hydrogen-bond acceptors (Lipinski definition) is 2. The highest BCUT2D eigenvalue weighted by Crippen LogP contribution is 2.03. The van der Waals surface area contributed by atoms with Gasteiger partial charge in [-0.1, -0.05) is 43.9 Å². The summed E-state index contributed by atoms with van der Waals surface area (Å²) in [6, 6.07) is 7.23. The Morgan fingerprint density at radius 2 is 1.89 bits per heavy atom. The Morgan fingerprint density at radius 3 is 2.58 bits per heavy atom. The van der Waals surface area contributed by atoms with Crippen LogP contribution in [0.3, 0.4) is 0 Å². The number of aryl methyl sites for hydroxylation is 1. The van der Waals surface area contributed by atoms with Gasteiger partial charge in [-0.25, -0.2) is 0 Å². The standard InChI is InChI=1S/C15H22N2O2/c1-3-4-5-6-10-14(18)16-17-15(19)13-9-7-8-12(2)11-13/h7-9,11H,3-6,10H2,1-2H3,(H,16,18)(H,17,19). The molecule has 4 heteroatoms. The fourth-order valence-electron chi connectivity index (χ4n) is 1.76. The van der Waals surface area contributed by atoms with E-state index in [1.165, 1.54) is 0 Å². The second-order valence-corrected chi connectivity index (χ2v) is 4.68. The number of benzene rings is 1. The molecule has 0 atom stereocenters. The molecule has 0 bridgehead atoms. The largest absolute Gasteiger partial charge is 0.273 e. The molecule has 0 radical (unpaired) electrons. The molecule has 0 saturated heterocycles. The summed E-state index contributed by atoms with van der Waals surface area (Å²) in [6.45, 7) is 4.05. The smallest absolute Gasteiger partial charge is 0.269 e. The van der Waals surface area contributed by atoms with Crippen LogP contribution in [0.2, 0.25) is 0 Å². The number of amides is 2. The maximum absolute atomic E-state index is 11.8. The van der Waals surface area contributed by atoms with E-state index in [1.54, 1.807) is 12.1 Å². The second kappa shape index (κ2) is 8.29. The third-order valence-electron chi connectivity index (χ3n) is 2.85. The number of nitrogens with one attached hydrogen (secondary N) is 2. The minimum absolute atomic E-state index is 0.142. The minimum Gasteiger partial charge on any atom is -0.273 e. The van der Waals surface area contributed by atoms with Crippen LogP contribution in [0, 0.1) is 6.92 Å². The van der Waals surface area contributed by atoms with Crippen molar-refractivity contribution in [2.24, 2.45) is 0 Å². The van der Waals surface area contributed by atoms with Crippen molar-refractivity contribution in [1.29, 1.82) is 0 Å². The average molecular weight is 262 g/mol. The molecule has 0 aliphatic heterocycles.